The number of carbonyl (C=O) groups is 1. The Labute approximate surface area is 211 Å². The van der Waals surface area contributed by atoms with E-state index in [2.05, 4.69) is 38.4 Å². The van der Waals surface area contributed by atoms with E-state index in [0.717, 1.165) is 33.9 Å². The highest BCUT2D eigenvalue weighted by Gasteiger charge is 2.23. The van der Waals surface area contributed by atoms with Crippen LogP contribution in [0.1, 0.15) is 16.8 Å². The van der Waals surface area contributed by atoms with Crippen LogP contribution >= 0.6 is 0 Å². The number of urea groups is 1. The smallest absolute Gasteiger partial charge is 0.317 e. The summed E-state index contributed by atoms with van der Waals surface area (Å²) in [5.74, 6) is 0.896. The normalized spacial score (nSPS) is 13.8. The van der Waals surface area contributed by atoms with Crippen molar-refractivity contribution in [1.82, 2.24) is 20.2 Å². The molecule has 36 heavy (non-hydrogen) atoms. The number of aromatic nitrogens is 2. The van der Waals surface area contributed by atoms with E-state index in [1.165, 1.54) is 0 Å². The number of rotatable bonds is 6. The van der Waals surface area contributed by atoms with Gasteiger partial charge in [0.15, 0.2) is 0 Å². The molecule has 3 heterocycles. The van der Waals surface area contributed by atoms with Crippen LogP contribution in [0.4, 0.5) is 16.3 Å². The number of nitrogens with one attached hydrogen (secondary N) is 2. The molecule has 1 aliphatic rings. The van der Waals surface area contributed by atoms with Crippen molar-refractivity contribution < 1.29 is 4.79 Å². The summed E-state index contributed by atoms with van der Waals surface area (Å²) in [7, 11) is 0. The van der Waals surface area contributed by atoms with Crippen molar-refractivity contribution in [3.63, 3.8) is 0 Å². The first-order chi connectivity index (χ1) is 17.7. The number of pyridine rings is 1. The molecule has 0 spiro atoms. The second-order valence-electron chi connectivity index (χ2n) is 8.82. The van der Waals surface area contributed by atoms with E-state index >= 15 is 0 Å². The molecule has 4 aromatic rings. The highest BCUT2D eigenvalue weighted by molar-refractivity contribution is 5.78. The van der Waals surface area contributed by atoms with E-state index in [-0.39, 0.29) is 6.03 Å². The lowest BCUT2D eigenvalue weighted by atomic mass is 10.1. The van der Waals surface area contributed by atoms with Gasteiger partial charge in [-0.1, -0.05) is 66.7 Å². The number of anilines is 2. The van der Waals surface area contributed by atoms with Crippen LogP contribution in [-0.4, -0.2) is 47.1 Å². The fourth-order valence-corrected chi connectivity index (χ4v) is 4.35. The number of benzene rings is 2. The van der Waals surface area contributed by atoms with Crippen molar-refractivity contribution in [3.05, 3.63) is 102 Å². The number of nitrogens with zero attached hydrogens (tertiary/aromatic N) is 3. The van der Waals surface area contributed by atoms with E-state index in [0.29, 0.717) is 38.4 Å². The Hall–Kier alpha value is -4.52. The molecular weight excluding hydrogens is 448 g/mol. The van der Waals surface area contributed by atoms with Crippen LogP contribution in [0, 0.1) is 0 Å². The van der Waals surface area contributed by atoms with Crippen LogP contribution in [0.25, 0.3) is 23.4 Å². The van der Waals surface area contributed by atoms with Crippen molar-refractivity contribution >= 4 is 29.7 Å². The third-order valence-electron chi connectivity index (χ3n) is 6.33. The molecule has 2 aromatic heterocycles. The number of nitrogens with two attached hydrogens (primary N) is 1. The first-order valence-electron chi connectivity index (χ1n) is 12.2. The van der Waals surface area contributed by atoms with E-state index in [4.69, 9.17) is 5.73 Å². The molecule has 1 saturated heterocycles. The Balaban J connectivity index is 1.20. The zero-order valence-corrected chi connectivity index (χ0v) is 20.1. The van der Waals surface area contributed by atoms with Gasteiger partial charge < -0.3 is 25.8 Å². The third-order valence-corrected chi connectivity index (χ3v) is 6.33. The maximum absolute atomic E-state index is 12.6. The standard InChI is InChI=1S/C29H30N6O/c30-26-20-27(24-13-14-31-25(19-24)12-11-22-7-3-1-4-8-22)33-28(26)34-15-17-35(18-16-34)29(36)32-21-23-9-5-2-6-10-23/h1-14,19-20,33H,15-18,21,30H2,(H,32,36)/b12-11+. The quantitative estimate of drug-likeness (QED) is 0.369. The summed E-state index contributed by atoms with van der Waals surface area (Å²) in [4.78, 5) is 24.6. The molecule has 7 nitrogen and oxygen atoms in total. The Morgan fingerprint density at radius 3 is 2.42 bits per heavy atom. The number of nitrogen functional groups attached to an aromatic ring is 1. The number of H-pyrrole nitrogens is 1. The van der Waals surface area contributed by atoms with Crippen LogP contribution in [0.2, 0.25) is 0 Å². The monoisotopic (exact) mass is 478 g/mol. The van der Waals surface area contributed by atoms with Gasteiger partial charge in [-0.25, -0.2) is 4.79 Å². The van der Waals surface area contributed by atoms with E-state index in [9.17, 15) is 4.79 Å². The number of aromatic amines is 1. The number of hydrogen-bond acceptors (Lipinski definition) is 4. The zero-order chi connectivity index (χ0) is 24.7. The molecule has 1 aliphatic heterocycles. The summed E-state index contributed by atoms with van der Waals surface area (Å²) in [6, 6.07) is 26.1. The van der Waals surface area contributed by atoms with Gasteiger partial charge in [0, 0.05) is 50.2 Å². The van der Waals surface area contributed by atoms with Gasteiger partial charge in [-0.05, 0) is 35.4 Å². The summed E-state index contributed by atoms with van der Waals surface area (Å²) in [5, 5.41) is 3.01. The molecule has 0 bridgehead atoms. The van der Waals surface area contributed by atoms with E-state index in [1.54, 1.807) is 0 Å². The first kappa shape index (κ1) is 23.2. The highest BCUT2D eigenvalue weighted by atomic mass is 16.2. The maximum Gasteiger partial charge on any atom is 0.317 e. The largest absolute Gasteiger partial charge is 0.396 e. The number of amides is 2. The first-order valence-corrected chi connectivity index (χ1v) is 12.2. The van der Waals surface area contributed by atoms with Gasteiger partial charge in [0.2, 0.25) is 0 Å². The Bertz CT molecular complexity index is 1320. The lowest BCUT2D eigenvalue weighted by Crippen LogP contribution is -2.51. The van der Waals surface area contributed by atoms with Crippen LogP contribution < -0.4 is 16.0 Å². The number of hydrogen-bond donors (Lipinski definition) is 3. The topological polar surface area (TPSA) is 90.3 Å². The van der Waals surface area contributed by atoms with Gasteiger partial charge in [-0.3, -0.25) is 4.98 Å². The second kappa shape index (κ2) is 10.8. The molecule has 0 atom stereocenters. The Morgan fingerprint density at radius 1 is 0.944 bits per heavy atom. The van der Waals surface area contributed by atoms with Crippen LogP contribution in [-0.2, 0) is 6.54 Å². The summed E-state index contributed by atoms with van der Waals surface area (Å²) >= 11 is 0. The minimum atomic E-state index is -0.0356. The van der Waals surface area contributed by atoms with Gasteiger partial charge >= 0.3 is 6.03 Å². The Morgan fingerprint density at radius 2 is 1.67 bits per heavy atom. The van der Waals surface area contributed by atoms with Gasteiger partial charge in [-0.15, -0.1) is 0 Å². The third kappa shape index (κ3) is 5.58. The summed E-state index contributed by atoms with van der Waals surface area (Å²) in [6.07, 6.45) is 5.87. The highest BCUT2D eigenvalue weighted by Crippen LogP contribution is 2.30. The fraction of sp³-hybridized carbons (Fsp3) is 0.172. The van der Waals surface area contributed by atoms with Crippen molar-refractivity contribution in [2.75, 3.05) is 36.8 Å². The number of carbonyl (C=O) groups excluding carboxylic acids is 1. The summed E-state index contributed by atoms with van der Waals surface area (Å²) in [6.45, 7) is 3.23. The van der Waals surface area contributed by atoms with Crippen molar-refractivity contribution in [3.8, 4) is 11.3 Å². The second-order valence-corrected chi connectivity index (χ2v) is 8.82. The van der Waals surface area contributed by atoms with Crippen LogP contribution in [0.5, 0.6) is 0 Å². The molecule has 0 unspecified atom stereocenters. The van der Waals surface area contributed by atoms with Gasteiger partial charge in [-0.2, -0.15) is 0 Å². The van der Waals surface area contributed by atoms with Crippen LogP contribution in [0.3, 0.4) is 0 Å². The molecule has 2 aromatic carbocycles. The van der Waals surface area contributed by atoms with Gasteiger partial charge in [0.05, 0.1) is 11.4 Å². The number of piperazine rings is 1. The summed E-state index contributed by atoms with van der Waals surface area (Å²) < 4.78 is 0. The molecule has 0 aliphatic carbocycles. The van der Waals surface area contributed by atoms with Crippen molar-refractivity contribution in [2.45, 2.75) is 6.54 Å². The SMILES string of the molecule is Nc1cc(-c2ccnc(/C=C/c3ccccc3)c2)[nH]c1N1CCN(C(=O)NCc2ccccc2)CC1. The predicted molar refractivity (Wildman–Crippen MR) is 146 cm³/mol. The molecule has 1 fully saturated rings. The van der Waals surface area contributed by atoms with Crippen molar-refractivity contribution in [2.24, 2.45) is 0 Å². The minimum absolute atomic E-state index is 0.0356. The lowest BCUT2D eigenvalue weighted by Gasteiger charge is -2.35. The average molecular weight is 479 g/mol. The average Bonchev–Trinajstić information content (AvgIpc) is 3.33. The zero-order valence-electron chi connectivity index (χ0n) is 20.1. The maximum atomic E-state index is 12.6. The molecule has 182 valence electrons. The van der Waals surface area contributed by atoms with E-state index < -0.39 is 0 Å². The molecule has 2 amide bonds. The predicted octanol–water partition coefficient (Wildman–Crippen LogP) is 4.86. The fourth-order valence-electron chi connectivity index (χ4n) is 4.35. The van der Waals surface area contributed by atoms with Gasteiger partial charge in [0.25, 0.3) is 0 Å². The molecule has 4 N–H and O–H groups in total. The minimum Gasteiger partial charge on any atom is -0.396 e. The molecule has 5 rings (SSSR count). The Kier molecular flexibility index (Phi) is 6.98. The summed E-state index contributed by atoms with van der Waals surface area (Å²) in [5.41, 5.74) is 12.2. The van der Waals surface area contributed by atoms with Crippen LogP contribution in [0.15, 0.2) is 85.1 Å². The molecular formula is C29H30N6O. The molecule has 0 radical (unpaired) electrons. The van der Waals surface area contributed by atoms with Crippen molar-refractivity contribution in [1.29, 1.82) is 0 Å². The van der Waals surface area contributed by atoms with Gasteiger partial charge in [0.1, 0.15) is 5.82 Å². The van der Waals surface area contributed by atoms with E-state index in [1.807, 2.05) is 83.9 Å². The lowest BCUT2D eigenvalue weighted by molar-refractivity contribution is 0.194. The molecule has 7 heteroatoms. The molecule has 0 saturated carbocycles.